The van der Waals surface area contributed by atoms with E-state index in [9.17, 15) is 0 Å². The Labute approximate surface area is 131 Å². The van der Waals surface area contributed by atoms with Gasteiger partial charge >= 0.3 is 0 Å². The quantitative estimate of drug-likeness (QED) is 0.846. The second-order valence-electron chi connectivity index (χ2n) is 5.77. The number of benzene rings is 2. The van der Waals surface area contributed by atoms with Crippen molar-refractivity contribution in [3.8, 4) is 11.5 Å². The summed E-state index contributed by atoms with van der Waals surface area (Å²) < 4.78 is 12.0. The zero-order valence-electron chi connectivity index (χ0n) is 12.6. The van der Waals surface area contributed by atoms with E-state index in [1.165, 1.54) is 0 Å². The fourth-order valence-corrected chi connectivity index (χ4v) is 2.75. The first-order chi connectivity index (χ1) is 10.7. The molecule has 0 heterocycles. The van der Waals surface area contributed by atoms with Gasteiger partial charge in [0, 0.05) is 11.4 Å². The van der Waals surface area contributed by atoms with Gasteiger partial charge in [-0.2, -0.15) is 0 Å². The summed E-state index contributed by atoms with van der Waals surface area (Å²) in [5, 5.41) is 0. The van der Waals surface area contributed by atoms with Gasteiger partial charge in [0.2, 0.25) is 0 Å². The minimum absolute atomic E-state index is 0.259. The molecule has 0 unspecified atom stereocenters. The van der Waals surface area contributed by atoms with Crippen LogP contribution < -0.4 is 20.9 Å². The van der Waals surface area contributed by atoms with Gasteiger partial charge in [0.1, 0.15) is 11.5 Å². The minimum Gasteiger partial charge on any atom is -0.490 e. The molecule has 0 amide bonds. The summed E-state index contributed by atoms with van der Waals surface area (Å²) in [6.45, 7) is 0. The smallest absolute Gasteiger partial charge is 0.119 e. The number of rotatable bonds is 4. The molecule has 4 nitrogen and oxygen atoms in total. The van der Waals surface area contributed by atoms with Crippen molar-refractivity contribution in [3.63, 3.8) is 0 Å². The lowest BCUT2D eigenvalue weighted by Crippen LogP contribution is -2.30. The Morgan fingerprint density at radius 3 is 1.23 bits per heavy atom. The van der Waals surface area contributed by atoms with Crippen molar-refractivity contribution in [1.82, 2.24) is 0 Å². The van der Waals surface area contributed by atoms with Crippen molar-refractivity contribution in [2.45, 2.75) is 37.9 Å². The summed E-state index contributed by atoms with van der Waals surface area (Å²) in [7, 11) is 0. The van der Waals surface area contributed by atoms with Gasteiger partial charge in [-0.3, -0.25) is 0 Å². The molecular weight excluding hydrogens is 276 g/mol. The van der Waals surface area contributed by atoms with Crippen molar-refractivity contribution < 1.29 is 9.47 Å². The predicted molar refractivity (Wildman–Crippen MR) is 89.0 cm³/mol. The molecule has 0 radical (unpaired) electrons. The SMILES string of the molecule is Nc1ccc(OC2CCC(Oc3ccc(N)cc3)CC2)cc1. The van der Waals surface area contributed by atoms with Crippen LogP contribution in [0.1, 0.15) is 25.7 Å². The Morgan fingerprint density at radius 2 is 0.909 bits per heavy atom. The largest absolute Gasteiger partial charge is 0.490 e. The van der Waals surface area contributed by atoms with Crippen LogP contribution in [0.25, 0.3) is 0 Å². The zero-order chi connectivity index (χ0) is 15.4. The molecule has 1 fully saturated rings. The maximum atomic E-state index is 6.00. The average Bonchev–Trinajstić information content (AvgIpc) is 2.54. The molecule has 2 aromatic carbocycles. The Hall–Kier alpha value is -2.36. The number of ether oxygens (including phenoxy) is 2. The molecule has 22 heavy (non-hydrogen) atoms. The van der Waals surface area contributed by atoms with E-state index >= 15 is 0 Å². The highest BCUT2D eigenvalue weighted by Crippen LogP contribution is 2.27. The van der Waals surface area contributed by atoms with Crippen LogP contribution in [-0.4, -0.2) is 12.2 Å². The van der Waals surface area contributed by atoms with Crippen molar-refractivity contribution in [2.24, 2.45) is 0 Å². The lowest BCUT2D eigenvalue weighted by Gasteiger charge is -2.29. The van der Waals surface area contributed by atoms with E-state index in [2.05, 4.69) is 0 Å². The van der Waals surface area contributed by atoms with Crippen LogP contribution in [0.15, 0.2) is 48.5 Å². The standard InChI is InChI=1S/C18H22N2O2/c19-13-1-5-15(6-2-13)21-17-9-11-18(12-10-17)22-16-7-3-14(20)4-8-16/h1-8,17-18H,9-12,19-20H2. The first-order valence-corrected chi connectivity index (χ1v) is 7.73. The highest BCUT2D eigenvalue weighted by Gasteiger charge is 2.23. The van der Waals surface area contributed by atoms with Crippen LogP contribution in [0.3, 0.4) is 0 Å². The van der Waals surface area contributed by atoms with Crippen molar-refractivity contribution >= 4 is 11.4 Å². The van der Waals surface area contributed by atoms with Crippen molar-refractivity contribution in [1.29, 1.82) is 0 Å². The van der Waals surface area contributed by atoms with Crippen LogP contribution >= 0.6 is 0 Å². The molecule has 0 spiro atoms. The van der Waals surface area contributed by atoms with Crippen molar-refractivity contribution in [3.05, 3.63) is 48.5 Å². The summed E-state index contributed by atoms with van der Waals surface area (Å²) in [6, 6.07) is 15.2. The summed E-state index contributed by atoms with van der Waals surface area (Å²) in [5.74, 6) is 1.77. The van der Waals surface area contributed by atoms with E-state index in [1.807, 2.05) is 48.5 Å². The lowest BCUT2D eigenvalue weighted by molar-refractivity contribution is 0.0807. The van der Waals surface area contributed by atoms with Gasteiger partial charge in [0.05, 0.1) is 12.2 Å². The lowest BCUT2D eigenvalue weighted by atomic mass is 9.95. The molecule has 0 aliphatic heterocycles. The van der Waals surface area contributed by atoms with E-state index in [0.717, 1.165) is 48.6 Å². The number of nitrogen functional groups attached to an aromatic ring is 2. The van der Waals surface area contributed by atoms with E-state index in [4.69, 9.17) is 20.9 Å². The van der Waals surface area contributed by atoms with E-state index < -0.39 is 0 Å². The normalized spacial score (nSPS) is 21.3. The van der Waals surface area contributed by atoms with Gasteiger partial charge in [-0.1, -0.05) is 0 Å². The molecule has 0 atom stereocenters. The highest BCUT2D eigenvalue weighted by molar-refractivity contribution is 5.42. The molecular formula is C18H22N2O2. The number of hydrogen-bond acceptors (Lipinski definition) is 4. The van der Waals surface area contributed by atoms with Crippen LogP contribution in [0, 0.1) is 0 Å². The molecule has 2 aromatic rings. The first kappa shape index (κ1) is 14.6. The fraction of sp³-hybridized carbons (Fsp3) is 0.333. The molecule has 4 heteroatoms. The molecule has 116 valence electrons. The number of nitrogens with two attached hydrogens (primary N) is 2. The molecule has 0 bridgehead atoms. The monoisotopic (exact) mass is 298 g/mol. The van der Waals surface area contributed by atoms with Crippen LogP contribution in [-0.2, 0) is 0 Å². The van der Waals surface area contributed by atoms with Gasteiger partial charge in [-0.15, -0.1) is 0 Å². The number of anilines is 2. The van der Waals surface area contributed by atoms with Crippen LogP contribution in [0.4, 0.5) is 11.4 Å². The maximum absolute atomic E-state index is 6.00. The molecule has 0 saturated heterocycles. The topological polar surface area (TPSA) is 70.5 Å². The third kappa shape index (κ3) is 3.85. The predicted octanol–water partition coefficient (Wildman–Crippen LogP) is 3.62. The third-order valence-corrected chi connectivity index (χ3v) is 3.99. The van der Waals surface area contributed by atoms with Gasteiger partial charge < -0.3 is 20.9 Å². The summed E-state index contributed by atoms with van der Waals surface area (Å²) >= 11 is 0. The average molecular weight is 298 g/mol. The summed E-state index contributed by atoms with van der Waals surface area (Å²) in [6.07, 6.45) is 4.53. The Kier molecular flexibility index (Phi) is 4.37. The highest BCUT2D eigenvalue weighted by atomic mass is 16.5. The zero-order valence-corrected chi connectivity index (χ0v) is 12.6. The van der Waals surface area contributed by atoms with E-state index in [0.29, 0.717) is 0 Å². The molecule has 1 aliphatic rings. The van der Waals surface area contributed by atoms with Crippen LogP contribution in [0.5, 0.6) is 11.5 Å². The van der Waals surface area contributed by atoms with E-state index in [-0.39, 0.29) is 12.2 Å². The van der Waals surface area contributed by atoms with Gasteiger partial charge in [0.25, 0.3) is 0 Å². The molecule has 4 N–H and O–H groups in total. The molecule has 1 aliphatic carbocycles. The van der Waals surface area contributed by atoms with Gasteiger partial charge in [0.15, 0.2) is 0 Å². The Bertz CT molecular complexity index is 532. The molecule has 1 saturated carbocycles. The summed E-state index contributed by atoms with van der Waals surface area (Å²) in [5.41, 5.74) is 12.9. The molecule has 0 aromatic heterocycles. The second kappa shape index (κ2) is 6.60. The Balaban J connectivity index is 1.47. The van der Waals surface area contributed by atoms with Crippen LogP contribution in [0.2, 0.25) is 0 Å². The molecule has 3 rings (SSSR count). The summed E-state index contributed by atoms with van der Waals surface area (Å²) in [4.78, 5) is 0. The second-order valence-corrected chi connectivity index (χ2v) is 5.77. The fourth-order valence-electron chi connectivity index (χ4n) is 2.75. The Morgan fingerprint density at radius 1 is 0.591 bits per heavy atom. The van der Waals surface area contributed by atoms with Gasteiger partial charge in [-0.25, -0.2) is 0 Å². The minimum atomic E-state index is 0.259. The maximum Gasteiger partial charge on any atom is 0.119 e. The van der Waals surface area contributed by atoms with Gasteiger partial charge in [-0.05, 0) is 74.2 Å². The first-order valence-electron chi connectivity index (χ1n) is 7.73. The van der Waals surface area contributed by atoms with Crippen molar-refractivity contribution in [2.75, 3.05) is 11.5 Å². The van der Waals surface area contributed by atoms with E-state index in [1.54, 1.807) is 0 Å². The number of hydrogen-bond donors (Lipinski definition) is 2. The third-order valence-electron chi connectivity index (χ3n) is 3.99.